The van der Waals surface area contributed by atoms with E-state index in [-0.39, 0.29) is 22.8 Å². The van der Waals surface area contributed by atoms with E-state index in [1.807, 2.05) is 35.2 Å². The zero-order chi connectivity index (χ0) is 21.3. The molecule has 4 rings (SSSR count). The normalized spacial score (nSPS) is 24.5. The number of amidine groups is 1. The molecular formula is C21H22N2O5S2. The van der Waals surface area contributed by atoms with Crippen LogP contribution in [-0.4, -0.2) is 55.5 Å². The van der Waals surface area contributed by atoms with E-state index in [0.717, 1.165) is 5.69 Å². The number of anilines is 1. The van der Waals surface area contributed by atoms with E-state index in [2.05, 4.69) is 4.99 Å². The molecular weight excluding hydrogens is 424 g/mol. The Balaban J connectivity index is 1.60. The summed E-state index contributed by atoms with van der Waals surface area (Å²) >= 11 is 1.34. The van der Waals surface area contributed by atoms with Crippen LogP contribution in [0.25, 0.3) is 0 Å². The minimum Gasteiger partial charge on any atom is -0.497 e. The van der Waals surface area contributed by atoms with Crippen molar-refractivity contribution in [2.45, 2.75) is 24.3 Å². The lowest BCUT2D eigenvalue weighted by Gasteiger charge is -2.24. The number of rotatable bonds is 5. The van der Waals surface area contributed by atoms with Crippen molar-refractivity contribution < 1.29 is 22.7 Å². The average molecular weight is 447 g/mol. The molecule has 2 fully saturated rings. The second-order valence-electron chi connectivity index (χ2n) is 7.17. The maximum Gasteiger partial charge on any atom is 0.288 e. The molecule has 30 heavy (non-hydrogen) atoms. The van der Waals surface area contributed by atoms with Crippen molar-refractivity contribution in [2.75, 3.05) is 23.5 Å². The summed E-state index contributed by atoms with van der Waals surface area (Å²) in [6.45, 7) is 1.65. The molecule has 2 aliphatic rings. The van der Waals surface area contributed by atoms with Gasteiger partial charge < -0.3 is 14.4 Å². The number of hydrogen-bond donors (Lipinski definition) is 0. The fraction of sp³-hybridized carbons (Fsp3) is 0.333. The van der Waals surface area contributed by atoms with E-state index in [1.165, 1.54) is 11.8 Å². The van der Waals surface area contributed by atoms with Crippen molar-refractivity contribution in [1.82, 2.24) is 0 Å². The molecule has 3 atom stereocenters. The third-order valence-corrected chi connectivity index (χ3v) is 8.24. The fourth-order valence-electron chi connectivity index (χ4n) is 3.55. The predicted molar refractivity (Wildman–Crippen MR) is 118 cm³/mol. The number of aliphatic imine (C=N–C) groups is 1. The molecule has 0 spiro atoms. The number of sulfone groups is 1. The molecule has 0 bridgehead atoms. The van der Waals surface area contributed by atoms with Gasteiger partial charge in [0.25, 0.3) is 5.91 Å². The van der Waals surface area contributed by atoms with Crippen LogP contribution in [0.15, 0.2) is 59.6 Å². The third-order valence-electron chi connectivity index (χ3n) is 5.03. The quantitative estimate of drug-likeness (QED) is 0.698. The molecule has 2 aromatic rings. The van der Waals surface area contributed by atoms with Crippen molar-refractivity contribution in [2.24, 2.45) is 4.99 Å². The smallest absolute Gasteiger partial charge is 0.288 e. The topological polar surface area (TPSA) is 85.3 Å². The van der Waals surface area contributed by atoms with E-state index >= 15 is 0 Å². The first-order valence-electron chi connectivity index (χ1n) is 9.51. The largest absolute Gasteiger partial charge is 0.497 e. The Morgan fingerprint density at radius 1 is 1.10 bits per heavy atom. The van der Waals surface area contributed by atoms with Gasteiger partial charge in [-0.2, -0.15) is 4.99 Å². The van der Waals surface area contributed by atoms with E-state index in [1.54, 1.807) is 38.3 Å². The lowest BCUT2D eigenvalue weighted by Crippen LogP contribution is -2.38. The molecule has 1 amide bonds. The van der Waals surface area contributed by atoms with Crippen molar-refractivity contribution in [3.8, 4) is 11.5 Å². The zero-order valence-electron chi connectivity index (χ0n) is 16.6. The first-order valence-corrected chi connectivity index (χ1v) is 12.2. The van der Waals surface area contributed by atoms with Gasteiger partial charge in [0.15, 0.2) is 21.1 Å². The summed E-state index contributed by atoms with van der Waals surface area (Å²) in [5, 5.41) is 0.340. The Hall–Kier alpha value is -2.52. The lowest BCUT2D eigenvalue weighted by molar-refractivity contribution is -0.123. The van der Waals surface area contributed by atoms with Crippen LogP contribution in [0.3, 0.4) is 0 Å². The van der Waals surface area contributed by atoms with Gasteiger partial charge in [-0.05, 0) is 43.3 Å². The standard InChI is InChI=1S/C21H22N2O5S2/c1-14(28-17-6-4-3-5-7-17)20(24)22-21-23(15-8-10-16(27-2)11-9-15)18-12-30(25,26)13-19(18)29-21/h3-11,14,18-19H,12-13H2,1-2H3/t14-,18+,19+/m0/s1. The summed E-state index contributed by atoms with van der Waals surface area (Å²) in [6.07, 6.45) is -0.762. The number of benzene rings is 2. The monoisotopic (exact) mass is 446 g/mol. The van der Waals surface area contributed by atoms with Gasteiger partial charge in [0.1, 0.15) is 11.5 Å². The van der Waals surface area contributed by atoms with Crippen molar-refractivity contribution in [3.05, 3.63) is 54.6 Å². The van der Waals surface area contributed by atoms with Crippen LogP contribution in [0.4, 0.5) is 5.69 Å². The van der Waals surface area contributed by atoms with E-state index in [4.69, 9.17) is 9.47 Å². The van der Waals surface area contributed by atoms with E-state index < -0.39 is 21.8 Å². The molecule has 7 nitrogen and oxygen atoms in total. The third kappa shape index (κ3) is 4.32. The number of fused-ring (bicyclic) bond motifs is 1. The number of thioether (sulfide) groups is 1. The predicted octanol–water partition coefficient (Wildman–Crippen LogP) is 2.76. The first-order chi connectivity index (χ1) is 14.4. The molecule has 0 aliphatic carbocycles. The van der Waals surface area contributed by atoms with Crippen molar-refractivity contribution >= 4 is 38.4 Å². The highest BCUT2D eigenvalue weighted by atomic mass is 32.2. The molecule has 0 N–H and O–H groups in total. The van der Waals surface area contributed by atoms with Gasteiger partial charge in [-0.1, -0.05) is 30.0 Å². The SMILES string of the molecule is COc1ccc(N2C(=NC(=O)[C@H](C)Oc3ccccc3)S[C@@H]3CS(=O)(=O)C[C@H]32)cc1. The minimum atomic E-state index is -3.12. The van der Waals surface area contributed by atoms with Crippen LogP contribution in [0.2, 0.25) is 0 Å². The van der Waals surface area contributed by atoms with Crippen LogP contribution in [-0.2, 0) is 14.6 Å². The van der Waals surface area contributed by atoms with Crippen LogP contribution in [0.1, 0.15) is 6.92 Å². The minimum absolute atomic E-state index is 0.0416. The lowest BCUT2D eigenvalue weighted by atomic mass is 10.2. The molecule has 2 heterocycles. The Morgan fingerprint density at radius 3 is 2.47 bits per heavy atom. The molecule has 0 saturated carbocycles. The number of carbonyl (C=O) groups excluding carboxylic acids is 1. The van der Waals surface area contributed by atoms with Gasteiger partial charge in [0, 0.05) is 10.9 Å². The number of ether oxygens (including phenoxy) is 2. The highest BCUT2D eigenvalue weighted by Crippen LogP contribution is 2.41. The first kappa shape index (κ1) is 20.7. The van der Waals surface area contributed by atoms with Crippen molar-refractivity contribution in [1.29, 1.82) is 0 Å². The van der Waals surface area contributed by atoms with Gasteiger partial charge in [-0.15, -0.1) is 0 Å². The molecule has 0 unspecified atom stereocenters. The number of carbonyl (C=O) groups is 1. The summed E-state index contributed by atoms with van der Waals surface area (Å²) < 4.78 is 35.2. The average Bonchev–Trinajstić information content (AvgIpc) is 3.19. The second-order valence-corrected chi connectivity index (χ2v) is 10.5. The highest BCUT2D eigenvalue weighted by Gasteiger charge is 2.49. The number of hydrogen-bond acceptors (Lipinski definition) is 6. The molecule has 158 valence electrons. The van der Waals surface area contributed by atoms with Crippen molar-refractivity contribution in [3.63, 3.8) is 0 Å². The highest BCUT2D eigenvalue weighted by molar-refractivity contribution is 8.16. The molecule has 9 heteroatoms. The molecule has 2 saturated heterocycles. The molecule has 0 radical (unpaired) electrons. The van der Waals surface area contributed by atoms with Gasteiger partial charge in [0.2, 0.25) is 0 Å². The molecule has 2 aromatic carbocycles. The van der Waals surface area contributed by atoms with Gasteiger partial charge in [-0.3, -0.25) is 4.79 Å². The number of para-hydroxylation sites is 1. The summed E-state index contributed by atoms with van der Waals surface area (Å²) in [6, 6.07) is 16.1. The second kappa shape index (κ2) is 8.31. The number of methoxy groups -OCH3 is 1. The van der Waals surface area contributed by atoms with Gasteiger partial charge >= 0.3 is 0 Å². The van der Waals surface area contributed by atoms with E-state index in [0.29, 0.717) is 16.7 Å². The maximum absolute atomic E-state index is 12.7. The summed E-state index contributed by atoms with van der Waals surface area (Å²) in [7, 11) is -1.54. The Morgan fingerprint density at radius 2 is 1.80 bits per heavy atom. The molecule has 2 aliphatic heterocycles. The van der Waals surface area contributed by atoms with Crippen LogP contribution in [0, 0.1) is 0 Å². The van der Waals surface area contributed by atoms with Gasteiger partial charge in [0.05, 0.1) is 24.7 Å². The Bertz CT molecular complexity index is 1050. The fourth-order valence-corrected chi connectivity index (χ4v) is 7.47. The Kier molecular flexibility index (Phi) is 5.75. The number of nitrogens with zero attached hydrogens (tertiary/aromatic N) is 2. The number of amides is 1. The molecule has 0 aromatic heterocycles. The van der Waals surface area contributed by atoms with E-state index in [9.17, 15) is 13.2 Å². The summed E-state index contributed by atoms with van der Waals surface area (Å²) in [5.41, 5.74) is 0.774. The van der Waals surface area contributed by atoms with Gasteiger partial charge in [-0.25, -0.2) is 8.42 Å². The Labute approximate surface area is 180 Å². The summed E-state index contributed by atoms with van der Waals surface area (Å²) in [4.78, 5) is 18.9. The zero-order valence-corrected chi connectivity index (χ0v) is 18.2. The van der Waals surface area contributed by atoms with Crippen LogP contribution < -0.4 is 14.4 Å². The summed E-state index contributed by atoms with van der Waals surface area (Å²) in [5.74, 6) is 0.994. The van der Waals surface area contributed by atoms with Crippen LogP contribution >= 0.6 is 11.8 Å². The maximum atomic E-state index is 12.7. The van der Waals surface area contributed by atoms with Crippen LogP contribution in [0.5, 0.6) is 11.5 Å².